The quantitative estimate of drug-likeness (QED) is 0.607. The van der Waals surface area contributed by atoms with Crippen LogP contribution in [0.15, 0.2) is 30.6 Å². The molecule has 0 aliphatic carbocycles. The summed E-state index contributed by atoms with van der Waals surface area (Å²) in [4.78, 5) is 23.1. The molecule has 3 rings (SSSR count). The first kappa shape index (κ1) is 21.0. The fraction of sp³-hybridized carbons (Fsp3) is 0.350. The van der Waals surface area contributed by atoms with Crippen LogP contribution in [0.3, 0.4) is 0 Å². The van der Waals surface area contributed by atoms with Gasteiger partial charge in [0.2, 0.25) is 5.91 Å². The molecule has 3 aromatic rings. The van der Waals surface area contributed by atoms with Crippen LogP contribution in [0.1, 0.15) is 41.5 Å². The number of nitrogens with zero attached hydrogens (tertiary/aromatic N) is 2. The number of amides is 1. The second-order valence-electron chi connectivity index (χ2n) is 6.91. The van der Waals surface area contributed by atoms with Crippen molar-refractivity contribution < 1.29 is 18.0 Å². The van der Waals surface area contributed by atoms with Crippen molar-refractivity contribution in [3.8, 4) is 0 Å². The second-order valence-corrected chi connectivity index (χ2v) is 8.11. The summed E-state index contributed by atoms with van der Waals surface area (Å²) < 4.78 is 38.8. The lowest BCUT2D eigenvalue weighted by Gasteiger charge is -2.20. The molecule has 0 bridgehead atoms. The molecule has 0 aliphatic heterocycles. The molecule has 0 saturated heterocycles. The average Bonchev–Trinajstić information content (AvgIpc) is 2.96. The minimum atomic E-state index is -4.43. The summed E-state index contributed by atoms with van der Waals surface area (Å²) in [5.41, 5.74) is 0.695. The van der Waals surface area contributed by atoms with Crippen LogP contribution in [0, 0.1) is 13.8 Å². The molecule has 0 aliphatic rings. The van der Waals surface area contributed by atoms with Crippen LogP contribution in [-0.2, 0) is 11.0 Å². The van der Waals surface area contributed by atoms with Gasteiger partial charge in [0.05, 0.1) is 17.0 Å². The number of benzene rings is 1. The lowest BCUT2D eigenvalue weighted by molar-refractivity contribution is -0.137. The topological polar surface area (TPSA) is 66.9 Å². The smallest absolute Gasteiger partial charge is 0.358 e. The number of nitrogens with one attached hydrogen (secondary N) is 2. The monoisotopic (exact) mass is 422 g/mol. The van der Waals surface area contributed by atoms with Crippen molar-refractivity contribution in [1.82, 2.24) is 15.3 Å². The Morgan fingerprint density at radius 1 is 1.17 bits per heavy atom. The molecule has 0 fully saturated rings. The Bertz CT molecular complexity index is 1050. The number of carbonyl (C=O) groups is 1. The maximum absolute atomic E-state index is 12.9. The summed E-state index contributed by atoms with van der Waals surface area (Å²) in [7, 11) is 0. The van der Waals surface area contributed by atoms with Crippen LogP contribution in [0.25, 0.3) is 10.2 Å². The summed E-state index contributed by atoms with van der Waals surface area (Å²) in [6.45, 7) is 7.30. The Hall–Kier alpha value is -2.68. The number of halogens is 3. The van der Waals surface area contributed by atoms with Crippen LogP contribution >= 0.6 is 11.3 Å². The van der Waals surface area contributed by atoms with E-state index in [1.54, 1.807) is 31.3 Å². The van der Waals surface area contributed by atoms with Crippen molar-refractivity contribution in [2.45, 2.75) is 46.0 Å². The van der Waals surface area contributed by atoms with E-state index >= 15 is 0 Å². The Morgan fingerprint density at radius 2 is 1.90 bits per heavy atom. The van der Waals surface area contributed by atoms with Gasteiger partial charge in [-0.15, -0.1) is 11.3 Å². The zero-order valence-corrected chi connectivity index (χ0v) is 17.2. The van der Waals surface area contributed by atoms with Gasteiger partial charge >= 0.3 is 6.18 Å². The Kier molecular flexibility index (Phi) is 5.79. The lowest BCUT2D eigenvalue weighted by atomic mass is 10.0. The first-order chi connectivity index (χ1) is 13.6. The van der Waals surface area contributed by atoms with E-state index in [4.69, 9.17) is 0 Å². The number of aryl methyl sites for hydroxylation is 2. The number of anilines is 1. The van der Waals surface area contributed by atoms with Crippen molar-refractivity contribution in [1.29, 1.82) is 0 Å². The van der Waals surface area contributed by atoms with Gasteiger partial charge < -0.3 is 10.6 Å². The van der Waals surface area contributed by atoms with Crippen LogP contribution < -0.4 is 10.6 Å². The number of rotatable bonds is 5. The summed E-state index contributed by atoms with van der Waals surface area (Å²) in [5.74, 6) is 0.220. The van der Waals surface area contributed by atoms with E-state index in [0.717, 1.165) is 32.8 Å². The first-order valence-electron chi connectivity index (χ1n) is 9.02. The van der Waals surface area contributed by atoms with Gasteiger partial charge in [-0.05, 0) is 51.0 Å². The van der Waals surface area contributed by atoms with E-state index in [1.165, 1.54) is 12.4 Å². The first-order valence-corrected chi connectivity index (χ1v) is 9.84. The average molecular weight is 422 g/mol. The molecule has 154 valence electrons. The molecule has 0 saturated carbocycles. The maximum Gasteiger partial charge on any atom is 0.416 e. The SMILES string of the molecule is Cc1sc2ncnc(N[C@@H](C)C(=O)N[C@H](C)c3cccc(C(F)(F)F)c3)c2c1C. The van der Waals surface area contributed by atoms with Gasteiger partial charge in [0, 0.05) is 4.88 Å². The van der Waals surface area contributed by atoms with Gasteiger partial charge in [0.1, 0.15) is 23.0 Å². The predicted molar refractivity (Wildman–Crippen MR) is 108 cm³/mol. The van der Waals surface area contributed by atoms with Gasteiger partial charge in [0.15, 0.2) is 0 Å². The van der Waals surface area contributed by atoms with Crippen LogP contribution in [0.5, 0.6) is 0 Å². The van der Waals surface area contributed by atoms with Gasteiger partial charge in [-0.2, -0.15) is 13.2 Å². The zero-order valence-electron chi connectivity index (χ0n) is 16.4. The zero-order chi connectivity index (χ0) is 21.3. The van der Waals surface area contributed by atoms with Crippen LogP contribution in [-0.4, -0.2) is 21.9 Å². The lowest BCUT2D eigenvalue weighted by Crippen LogP contribution is -2.39. The maximum atomic E-state index is 12.9. The summed E-state index contributed by atoms with van der Waals surface area (Å²) in [6, 6.07) is 3.74. The highest BCUT2D eigenvalue weighted by molar-refractivity contribution is 7.18. The number of fused-ring (bicyclic) bond motifs is 1. The molecule has 2 N–H and O–H groups in total. The number of carbonyl (C=O) groups excluding carboxylic acids is 1. The van der Waals surface area contributed by atoms with Gasteiger partial charge in [-0.3, -0.25) is 4.79 Å². The molecule has 9 heteroatoms. The molecule has 2 heterocycles. The van der Waals surface area contributed by atoms with Gasteiger partial charge in [0.25, 0.3) is 0 Å². The minimum absolute atomic E-state index is 0.341. The largest absolute Gasteiger partial charge is 0.416 e. The highest BCUT2D eigenvalue weighted by atomic mass is 32.1. The summed E-state index contributed by atoms with van der Waals surface area (Å²) in [5, 5.41) is 6.72. The summed E-state index contributed by atoms with van der Waals surface area (Å²) >= 11 is 1.56. The Morgan fingerprint density at radius 3 is 2.59 bits per heavy atom. The fourth-order valence-corrected chi connectivity index (χ4v) is 3.97. The number of alkyl halides is 3. The molecule has 1 aromatic carbocycles. The molecular weight excluding hydrogens is 401 g/mol. The molecule has 0 spiro atoms. The predicted octanol–water partition coefficient (Wildman–Crippen LogP) is 5.00. The number of hydrogen-bond donors (Lipinski definition) is 2. The van der Waals surface area contributed by atoms with Crippen molar-refractivity contribution in [2.75, 3.05) is 5.32 Å². The third-order valence-electron chi connectivity index (χ3n) is 4.78. The molecule has 1 amide bonds. The van der Waals surface area contributed by atoms with E-state index in [9.17, 15) is 18.0 Å². The number of hydrogen-bond acceptors (Lipinski definition) is 5. The Labute approximate surface area is 170 Å². The normalized spacial score (nSPS) is 13.9. The highest BCUT2D eigenvalue weighted by Gasteiger charge is 2.31. The van der Waals surface area contributed by atoms with Crippen molar-refractivity contribution in [3.05, 3.63) is 52.2 Å². The number of aromatic nitrogens is 2. The van der Waals surface area contributed by atoms with Crippen molar-refractivity contribution in [3.63, 3.8) is 0 Å². The molecular formula is C20H21F3N4OS. The van der Waals surface area contributed by atoms with Gasteiger partial charge in [-0.1, -0.05) is 12.1 Å². The standard InChI is InChI=1S/C20H21F3N4OS/c1-10-13(4)29-19-16(10)17(24-9-25-19)26-12(3)18(28)27-11(2)14-6-5-7-15(8-14)20(21,22)23/h5-9,11-12H,1-4H3,(H,27,28)(H,24,25,26)/t11-,12+/m1/s1. The minimum Gasteiger partial charge on any atom is -0.358 e. The molecule has 5 nitrogen and oxygen atoms in total. The molecule has 0 radical (unpaired) electrons. The number of thiophene rings is 1. The molecule has 2 aromatic heterocycles. The Balaban J connectivity index is 1.73. The van der Waals surface area contributed by atoms with E-state index < -0.39 is 23.8 Å². The summed E-state index contributed by atoms with van der Waals surface area (Å²) in [6.07, 6.45) is -2.99. The van der Waals surface area contributed by atoms with E-state index in [2.05, 4.69) is 20.6 Å². The van der Waals surface area contributed by atoms with Gasteiger partial charge in [-0.25, -0.2) is 9.97 Å². The third kappa shape index (κ3) is 4.50. The fourth-order valence-electron chi connectivity index (χ4n) is 2.97. The van der Waals surface area contributed by atoms with E-state index in [-0.39, 0.29) is 5.91 Å². The molecule has 2 atom stereocenters. The van der Waals surface area contributed by atoms with Crippen molar-refractivity contribution in [2.24, 2.45) is 0 Å². The molecule has 0 unspecified atom stereocenters. The van der Waals surface area contributed by atoms with Crippen molar-refractivity contribution >= 4 is 33.3 Å². The highest BCUT2D eigenvalue weighted by Crippen LogP contribution is 2.33. The van der Waals surface area contributed by atoms with E-state index in [0.29, 0.717) is 11.4 Å². The van der Waals surface area contributed by atoms with E-state index in [1.807, 2.05) is 13.8 Å². The molecule has 29 heavy (non-hydrogen) atoms. The van der Waals surface area contributed by atoms with Crippen LogP contribution in [0.2, 0.25) is 0 Å². The van der Waals surface area contributed by atoms with Crippen LogP contribution in [0.4, 0.5) is 19.0 Å². The third-order valence-corrected chi connectivity index (χ3v) is 5.90. The second kappa shape index (κ2) is 7.98.